The minimum Gasteiger partial charge on any atom is -0.393 e. The molecule has 1 heterocycles. The number of rotatable bonds is 10. The molecule has 24 heavy (non-hydrogen) atoms. The summed E-state index contributed by atoms with van der Waals surface area (Å²) in [5, 5.41) is 0. The molecule has 0 amide bonds. The summed E-state index contributed by atoms with van der Waals surface area (Å²) in [5.41, 5.74) is 0. The number of ether oxygens (including phenoxy) is 1. The summed E-state index contributed by atoms with van der Waals surface area (Å²) < 4.78 is 4.97. The first-order valence-corrected chi connectivity index (χ1v) is 9.79. The van der Waals surface area contributed by atoms with Crippen LogP contribution < -0.4 is 0 Å². The number of cyclic esters (lactones) is 2. The Bertz CT molecular complexity index is 477. The van der Waals surface area contributed by atoms with Gasteiger partial charge in [-0.05, 0) is 25.2 Å². The van der Waals surface area contributed by atoms with Crippen molar-refractivity contribution < 1.29 is 14.3 Å². The zero-order chi connectivity index (χ0) is 17.4. The van der Waals surface area contributed by atoms with Crippen LogP contribution in [0, 0.1) is 23.7 Å². The molecule has 1 saturated heterocycles. The minimum absolute atomic E-state index is 0.0162. The van der Waals surface area contributed by atoms with Crippen molar-refractivity contribution in [1.82, 2.24) is 0 Å². The van der Waals surface area contributed by atoms with E-state index in [-0.39, 0.29) is 35.6 Å². The molecule has 2 aliphatic rings. The van der Waals surface area contributed by atoms with E-state index in [0.29, 0.717) is 0 Å². The number of hydrogen-bond donors (Lipinski definition) is 0. The van der Waals surface area contributed by atoms with Crippen molar-refractivity contribution in [3.05, 3.63) is 24.3 Å². The number of fused-ring (bicyclic) bond motifs is 1. The monoisotopic (exact) mass is 332 g/mol. The Morgan fingerprint density at radius 2 is 1.62 bits per heavy atom. The van der Waals surface area contributed by atoms with Gasteiger partial charge in [0.05, 0.1) is 11.8 Å². The third kappa shape index (κ3) is 4.81. The first-order valence-electron chi connectivity index (χ1n) is 9.79. The molecule has 0 aromatic carbocycles. The molecule has 4 atom stereocenters. The average molecular weight is 332 g/mol. The molecule has 1 aliphatic carbocycles. The predicted molar refractivity (Wildman–Crippen MR) is 96.2 cm³/mol. The Morgan fingerprint density at radius 1 is 0.917 bits per heavy atom. The molecule has 0 radical (unpaired) electrons. The van der Waals surface area contributed by atoms with Crippen molar-refractivity contribution in [3.8, 4) is 0 Å². The number of carbonyl (C=O) groups excluding carboxylic acids is 2. The highest BCUT2D eigenvalue weighted by Gasteiger charge is 2.51. The van der Waals surface area contributed by atoms with Gasteiger partial charge in [-0.3, -0.25) is 9.59 Å². The van der Waals surface area contributed by atoms with Crippen molar-refractivity contribution in [2.45, 2.75) is 71.6 Å². The van der Waals surface area contributed by atoms with E-state index < -0.39 is 0 Å². The van der Waals surface area contributed by atoms with Crippen LogP contribution in [0.15, 0.2) is 24.3 Å². The van der Waals surface area contributed by atoms with E-state index >= 15 is 0 Å². The number of esters is 2. The van der Waals surface area contributed by atoms with E-state index in [9.17, 15) is 9.59 Å². The molecule has 0 aromatic rings. The first kappa shape index (κ1) is 19.0. The van der Waals surface area contributed by atoms with E-state index in [4.69, 9.17) is 4.74 Å². The minimum atomic E-state index is -0.326. The molecular weight excluding hydrogens is 300 g/mol. The van der Waals surface area contributed by atoms with Crippen LogP contribution in [0.25, 0.3) is 0 Å². The lowest BCUT2D eigenvalue weighted by atomic mass is 9.70. The Labute approximate surface area is 146 Å². The fourth-order valence-corrected chi connectivity index (χ4v) is 3.90. The van der Waals surface area contributed by atoms with Crippen molar-refractivity contribution >= 4 is 11.9 Å². The predicted octanol–water partition coefficient (Wildman–Crippen LogP) is 5.21. The molecule has 4 unspecified atom stereocenters. The molecule has 1 aliphatic heterocycles. The molecule has 134 valence electrons. The Balaban J connectivity index is 1.92. The largest absolute Gasteiger partial charge is 0.393 e. The lowest BCUT2D eigenvalue weighted by Gasteiger charge is -2.29. The van der Waals surface area contributed by atoms with E-state index in [2.05, 4.69) is 38.2 Å². The summed E-state index contributed by atoms with van der Waals surface area (Å²) in [7, 11) is 0. The second-order valence-electron chi connectivity index (χ2n) is 7.19. The second-order valence-corrected chi connectivity index (χ2v) is 7.19. The van der Waals surface area contributed by atoms with Crippen LogP contribution in [0.1, 0.15) is 71.6 Å². The quantitative estimate of drug-likeness (QED) is 0.239. The maximum atomic E-state index is 12.1. The molecule has 0 N–H and O–H groups in total. The van der Waals surface area contributed by atoms with Gasteiger partial charge in [-0.2, -0.15) is 0 Å². The molecule has 0 aromatic heterocycles. The highest BCUT2D eigenvalue weighted by Crippen LogP contribution is 2.42. The lowest BCUT2D eigenvalue weighted by molar-refractivity contribution is -0.154. The third-order valence-corrected chi connectivity index (χ3v) is 5.31. The number of carbonyl (C=O) groups is 2. The molecule has 2 rings (SSSR count). The molecule has 0 spiro atoms. The molecule has 0 saturated carbocycles. The molecule has 3 heteroatoms. The molecule has 0 bridgehead atoms. The van der Waals surface area contributed by atoms with Crippen molar-refractivity contribution in [2.24, 2.45) is 23.7 Å². The second kappa shape index (κ2) is 9.80. The lowest BCUT2D eigenvalue weighted by Crippen LogP contribution is -2.33. The Hall–Kier alpha value is -1.38. The van der Waals surface area contributed by atoms with E-state index in [1.165, 1.54) is 32.1 Å². The van der Waals surface area contributed by atoms with Gasteiger partial charge < -0.3 is 4.74 Å². The maximum absolute atomic E-state index is 12.1. The van der Waals surface area contributed by atoms with Crippen molar-refractivity contribution in [2.75, 3.05) is 0 Å². The van der Waals surface area contributed by atoms with E-state index in [0.717, 1.165) is 25.7 Å². The van der Waals surface area contributed by atoms with E-state index in [1.807, 2.05) is 0 Å². The normalized spacial score (nSPS) is 29.2. The van der Waals surface area contributed by atoms with Crippen LogP contribution in [0.2, 0.25) is 0 Å². The van der Waals surface area contributed by atoms with Crippen LogP contribution in [-0.2, 0) is 14.3 Å². The number of allylic oxidation sites excluding steroid dienone is 4. The first-order chi connectivity index (χ1) is 11.7. The van der Waals surface area contributed by atoms with Gasteiger partial charge in [0.15, 0.2) is 0 Å². The van der Waals surface area contributed by atoms with Crippen LogP contribution in [0.4, 0.5) is 0 Å². The number of unbranched alkanes of at least 4 members (excludes halogenated alkanes) is 6. The molecule has 1 fully saturated rings. The standard InChI is InChI=1S/C21H32O3/c1-3-5-7-8-9-10-11-13-17-15-14-16(12-6-4-2)18-19(17)21(23)24-20(18)22/h11,13-19H,3-10,12H2,1-2H3/b13-11-. The zero-order valence-corrected chi connectivity index (χ0v) is 15.2. The summed E-state index contributed by atoms with van der Waals surface area (Å²) in [5.74, 6) is -1.04. The van der Waals surface area contributed by atoms with Crippen LogP contribution in [0.3, 0.4) is 0 Å². The maximum Gasteiger partial charge on any atom is 0.318 e. The highest BCUT2D eigenvalue weighted by molar-refractivity contribution is 5.97. The van der Waals surface area contributed by atoms with Gasteiger partial charge in [0.25, 0.3) is 0 Å². The average Bonchev–Trinajstić information content (AvgIpc) is 2.88. The fourth-order valence-electron chi connectivity index (χ4n) is 3.90. The Morgan fingerprint density at radius 3 is 2.38 bits per heavy atom. The van der Waals surface area contributed by atoms with Gasteiger partial charge in [-0.15, -0.1) is 0 Å². The summed E-state index contributed by atoms with van der Waals surface area (Å²) in [6.07, 6.45) is 19.1. The van der Waals surface area contributed by atoms with Gasteiger partial charge in [-0.1, -0.05) is 76.7 Å². The third-order valence-electron chi connectivity index (χ3n) is 5.31. The van der Waals surface area contributed by atoms with Crippen molar-refractivity contribution in [1.29, 1.82) is 0 Å². The van der Waals surface area contributed by atoms with Gasteiger partial charge in [-0.25, -0.2) is 0 Å². The van der Waals surface area contributed by atoms with E-state index in [1.54, 1.807) is 0 Å². The van der Waals surface area contributed by atoms with Crippen molar-refractivity contribution in [3.63, 3.8) is 0 Å². The Kier molecular flexibility index (Phi) is 7.74. The summed E-state index contributed by atoms with van der Waals surface area (Å²) >= 11 is 0. The smallest absolute Gasteiger partial charge is 0.318 e. The SMILES string of the molecule is CCCCCCC/C=C\C1C=CC(CCCC)C2C(=O)OC(=O)C12. The van der Waals surface area contributed by atoms with Gasteiger partial charge in [0.1, 0.15) is 0 Å². The number of hydrogen-bond acceptors (Lipinski definition) is 3. The fraction of sp³-hybridized carbons (Fsp3) is 0.714. The molecule has 3 nitrogen and oxygen atoms in total. The van der Waals surface area contributed by atoms with Crippen LogP contribution >= 0.6 is 0 Å². The van der Waals surface area contributed by atoms with Crippen LogP contribution in [-0.4, -0.2) is 11.9 Å². The zero-order valence-electron chi connectivity index (χ0n) is 15.2. The van der Waals surface area contributed by atoms with Gasteiger partial charge in [0.2, 0.25) is 0 Å². The summed E-state index contributed by atoms with van der Waals surface area (Å²) in [6.45, 7) is 4.37. The summed E-state index contributed by atoms with van der Waals surface area (Å²) in [4.78, 5) is 24.3. The summed E-state index contributed by atoms with van der Waals surface area (Å²) in [6, 6.07) is 0. The molecular formula is C21H32O3. The highest BCUT2D eigenvalue weighted by atomic mass is 16.6. The van der Waals surface area contributed by atoms with Gasteiger partial charge in [0, 0.05) is 5.92 Å². The topological polar surface area (TPSA) is 43.4 Å². The van der Waals surface area contributed by atoms with Crippen LogP contribution in [0.5, 0.6) is 0 Å². The van der Waals surface area contributed by atoms with Gasteiger partial charge >= 0.3 is 11.9 Å².